The van der Waals surface area contributed by atoms with E-state index in [1.54, 1.807) is 18.1 Å². The fraction of sp³-hybridized carbons (Fsp3) is 0.571. The Kier molecular flexibility index (Phi) is 6.96. The van der Waals surface area contributed by atoms with Crippen molar-refractivity contribution in [2.24, 2.45) is 11.3 Å². The summed E-state index contributed by atoms with van der Waals surface area (Å²) in [6, 6.07) is 5.73. The van der Waals surface area contributed by atoms with Crippen molar-refractivity contribution >= 4 is 34.5 Å². The van der Waals surface area contributed by atoms with Gasteiger partial charge in [0.05, 0.1) is 14.2 Å². The van der Waals surface area contributed by atoms with Gasteiger partial charge >= 0.3 is 5.97 Å². The van der Waals surface area contributed by atoms with E-state index in [0.717, 1.165) is 43.0 Å². The van der Waals surface area contributed by atoms with E-state index in [2.05, 4.69) is 10.3 Å². The van der Waals surface area contributed by atoms with Crippen LogP contribution in [0.1, 0.15) is 68.3 Å². The van der Waals surface area contributed by atoms with Crippen LogP contribution < -0.4 is 10.1 Å². The average molecular weight is 510 g/mol. The Morgan fingerprint density at radius 2 is 1.97 bits per heavy atom. The number of H-pyrrole nitrogens is 1. The van der Waals surface area contributed by atoms with Crippen LogP contribution in [-0.2, 0) is 19.1 Å². The van der Waals surface area contributed by atoms with Crippen LogP contribution >= 0.6 is 0 Å². The molecule has 9 nitrogen and oxygen atoms in total. The van der Waals surface area contributed by atoms with Crippen LogP contribution in [0.25, 0.3) is 10.9 Å². The van der Waals surface area contributed by atoms with Crippen LogP contribution in [0.4, 0.5) is 0 Å². The standard InChI is InChI=1S/C28H35N3O6/c1-36-24-10-6-8-19-18(24)14-20(29-19)26(34)31-16-28(11-3-4-12-28)15-22(31)25(33)30-21(27(35)37-2)13-17-7-5-9-23(17)32/h6,8,10,14,17,21-22,29H,3-5,7,9,11-13,15-16H2,1-2H3,(H,30,33)/t17-,21-,22-/m0/s1. The molecule has 2 saturated carbocycles. The van der Waals surface area contributed by atoms with Gasteiger partial charge in [0.15, 0.2) is 0 Å². The van der Waals surface area contributed by atoms with Gasteiger partial charge in [-0.15, -0.1) is 0 Å². The molecule has 2 aromatic rings. The molecule has 0 radical (unpaired) electrons. The van der Waals surface area contributed by atoms with Crippen molar-refractivity contribution in [2.75, 3.05) is 20.8 Å². The number of ketones is 1. The fourth-order valence-corrected chi connectivity index (χ4v) is 6.61. The predicted octanol–water partition coefficient (Wildman–Crippen LogP) is 3.37. The van der Waals surface area contributed by atoms with Crippen LogP contribution in [0, 0.1) is 11.3 Å². The molecule has 9 heteroatoms. The molecule has 2 heterocycles. The molecule has 1 aromatic carbocycles. The molecule has 198 valence electrons. The lowest BCUT2D eigenvalue weighted by atomic mass is 9.84. The fourth-order valence-electron chi connectivity index (χ4n) is 6.61. The molecule has 2 N–H and O–H groups in total. The van der Waals surface area contributed by atoms with Crippen molar-refractivity contribution in [1.82, 2.24) is 15.2 Å². The number of hydrogen-bond acceptors (Lipinski definition) is 6. The Labute approximate surface area is 216 Å². The largest absolute Gasteiger partial charge is 0.496 e. The number of likely N-dealkylation sites (tertiary alicyclic amines) is 1. The first-order valence-electron chi connectivity index (χ1n) is 13.2. The Hall–Kier alpha value is -3.36. The summed E-state index contributed by atoms with van der Waals surface area (Å²) in [4.78, 5) is 57.1. The van der Waals surface area contributed by atoms with Gasteiger partial charge in [-0.3, -0.25) is 14.4 Å². The summed E-state index contributed by atoms with van der Waals surface area (Å²) < 4.78 is 10.4. The van der Waals surface area contributed by atoms with Gasteiger partial charge < -0.3 is 24.7 Å². The second-order valence-corrected chi connectivity index (χ2v) is 10.8. The van der Waals surface area contributed by atoms with Gasteiger partial charge in [-0.05, 0) is 62.1 Å². The average Bonchev–Trinajstić information content (AvgIpc) is 3.70. The Bertz CT molecular complexity index is 1210. The third kappa shape index (κ3) is 4.83. The highest BCUT2D eigenvalue weighted by atomic mass is 16.5. The molecule has 3 fully saturated rings. The predicted molar refractivity (Wildman–Crippen MR) is 136 cm³/mol. The van der Waals surface area contributed by atoms with E-state index in [9.17, 15) is 19.2 Å². The number of aromatic nitrogens is 1. The highest BCUT2D eigenvalue weighted by Gasteiger charge is 2.50. The number of aromatic amines is 1. The molecule has 5 rings (SSSR count). The third-order valence-corrected chi connectivity index (χ3v) is 8.56. The summed E-state index contributed by atoms with van der Waals surface area (Å²) in [5.41, 5.74) is 1.09. The summed E-state index contributed by atoms with van der Waals surface area (Å²) in [5.74, 6) is -0.650. The summed E-state index contributed by atoms with van der Waals surface area (Å²) in [7, 11) is 2.87. The molecule has 1 spiro atoms. The number of Topliss-reactive ketones (excluding diaryl/α,β-unsaturated/α-hetero) is 1. The van der Waals surface area contributed by atoms with Crippen LogP contribution in [0.2, 0.25) is 0 Å². The summed E-state index contributed by atoms with van der Waals surface area (Å²) >= 11 is 0. The Morgan fingerprint density at radius 1 is 1.19 bits per heavy atom. The normalized spacial score (nSPS) is 23.5. The molecule has 2 aliphatic carbocycles. The molecule has 1 saturated heterocycles. The Balaban J connectivity index is 1.40. The number of carbonyl (C=O) groups excluding carboxylic acids is 4. The smallest absolute Gasteiger partial charge is 0.328 e. The topological polar surface area (TPSA) is 118 Å². The van der Waals surface area contributed by atoms with Gasteiger partial charge in [0.2, 0.25) is 5.91 Å². The number of hydrogen-bond donors (Lipinski definition) is 2. The lowest BCUT2D eigenvalue weighted by Gasteiger charge is -2.26. The van der Waals surface area contributed by atoms with Crippen molar-refractivity contribution in [3.05, 3.63) is 30.0 Å². The quantitative estimate of drug-likeness (QED) is 0.553. The van der Waals surface area contributed by atoms with Crippen LogP contribution in [-0.4, -0.2) is 66.3 Å². The van der Waals surface area contributed by atoms with E-state index in [-0.39, 0.29) is 35.4 Å². The third-order valence-electron chi connectivity index (χ3n) is 8.56. The lowest BCUT2D eigenvalue weighted by molar-refractivity contribution is -0.146. The summed E-state index contributed by atoms with van der Waals surface area (Å²) in [5, 5.41) is 3.66. The molecule has 1 aromatic heterocycles. The van der Waals surface area contributed by atoms with Crippen molar-refractivity contribution in [3.8, 4) is 5.75 Å². The molecular formula is C28H35N3O6. The number of fused-ring (bicyclic) bond motifs is 1. The first-order chi connectivity index (χ1) is 17.8. The maximum absolute atomic E-state index is 13.8. The minimum absolute atomic E-state index is 0.0937. The maximum Gasteiger partial charge on any atom is 0.328 e. The highest BCUT2D eigenvalue weighted by molar-refractivity contribution is 6.02. The van der Waals surface area contributed by atoms with Gasteiger partial charge in [0.25, 0.3) is 5.91 Å². The number of carbonyl (C=O) groups is 4. The zero-order valence-corrected chi connectivity index (χ0v) is 21.5. The van der Waals surface area contributed by atoms with E-state index < -0.39 is 18.1 Å². The molecule has 37 heavy (non-hydrogen) atoms. The zero-order valence-electron chi connectivity index (χ0n) is 21.5. The number of benzene rings is 1. The van der Waals surface area contributed by atoms with Gasteiger partial charge in [-0.2, -0.15) is 0 Å². The molecule has 1 aliphatic heterocycles. The number of amides is 2. The van der Waals surface area contributed by atoms with Crippen molar-refractivity contribution < 1.29 is 28.7 Å². The summed E-state index contributed by atoms with van der Waals surface area (Å²) in [6.07, 6.45) is 6.90. The van der Waals surface area contributed by atoms with E-state index in [0.29, 0.717) is 37.3 Å². The Morgan fingerprint density at radius 3 is 2.65 bits per heavy atom. The molecule has 2 amide bonds. The van der Waals surface area contributed by atoms with Crippen LogP contribution in [0.15, 0.2) is 24.3 Å². The van der Waals surface area contributed by atoms with E-state index in [1.165, 1.54) is 7.11 Å². The molecular weight excluding hydrogens is 474 g/mol. The number of rotatable bonds is 7. The van der Waals surface area contributed by atoms with Crippen molar-refractivity contribution in [2.45, 2.75) is 69.9 Å². The number of ether oxygens (including phenoxy) is 2. The second-order valence-electron chi connectivity index (χ2n) is 10.8. The van der Waals surface area contributed by atoms with E-state index >= 15 is 0 Å². The first-order valence-corrected chi connectivity index (χ1v) is 13.2. The van der Waals surface area contributed by atoms with Gasteiger partial charge in [0.1, 0.15) is 29.3 Å². The molecule has 0 bridgehead atoms. The van der Waals surface area contributed by atoms with Gasteiger partial charge in [-0.25, -0.2) is 4.79 Å². The lowest BCUT2D eigenvalue weighted by Crippen LogP contribution is -2.51. The van der Waals surface area contributed by atoms with Crippen molar-refractivity contribution in [3.63, 3.8) is 0 Å². The molecule has 0 unspecified atom stereocenters. The zero-order chi connectivity index (χ0) is 26.2. The van der Waals surface area contributed by atoms with Crippen LogP contribution in [0.3, 0.4) is 0 Å². The van der Waals surface area contributed by atoms with Gasteiger partial charge in [-0.1, -0.05) is 18.9 Å². The number of nitrogens with one attached hydrogen (secondary N) is 2. The first kappa shape index (κ1) is 25.3. The van der Waals surface area contributed by atoms with Crippen LogP contribution in [0.5, 0.6) is 5.75 Å². The summed E-state index contributed by atoms with van der Waals surface area (Å²) in [6.45, 7) is 0.500. The number of esters is 1. The maximum atomic E-state index is 13.8. The second kappa shape index (κ2) is 10.2. The monoisotopic (exact) mass is 509 g/mol. The van der Waals surface area contributed by atoms with E-state index in [4.69, 9.17) is 9.47 Å². The minimum atomic E-state index is -0.918. The highest BCUT2D eigenvalue weighted by Crippen LogP contribution is 2.48. The van der Waals surface area contributed by atoms with E-state index in [1.807, 2.05) is 18.2 Å². The molecule has 3 atom stereocenters. The number of methoxy groups -OCH3 is 2. The van der Waals surface area contributed by atoms with Crippen molar-refractivity contribution in [1.29, 1.82) is 0 Å². The SMILES string of the molecule is COC(=O)[C@H](C[C@@H]1CCCC1=O)NC(=O)[C@@H]1CC2(CCCC2)CN1C(=O)c1cc2c(OC)cccc2[nH]1. The van der Waals surface area contributed by atoms with Gasteiger partial charge in [0, 0.05) is 29.8 Å². The number of nitrogens with zero attached hydrogens (tertiary/aromatic N) is 1. The molecule has 3 aliphatic rings. The minimum Gasteiger partial charge on any atom is -0.496 e.